The monoisotopic (exact) mass is 275 g/mol. The molecule has 0 aromatic carbocycles. The number of nitrogens with zero attached hydrogens (tertiary/aromatic N) is 3. The normalized spacial score (nSPS) is 12.1. The van der Waals surface area contributed by atoms with Gasteiger partial charge in [0.15, 0.2) is 0 Å². The van der Waals surface area contributed by atoms with Gasteiger partial charge in [-0.05, 0) is 19.4 Å². The average molecular weight is 275 g/mol. The van der Waals surface area contributed by atoms with Crippen LogP contribution in [0.5, 0.6) is 0 Å². The first kappa shape index (κ1) is 14.0. The summed E-state index contributed by atoms with van der Waals surface area (Å²) in [4.78, 5) is 30.0. The van der Waals surface area contributed by atoms with Crippen LogP contribution in [-0.4, -0.2) is 25.7 Å². The molecule has 0 aliphatic rings. The molecular formula is C13H17N5O2. The predicted molar refractivity (Wildman–Crippen MR) is 73.3 cm³/mol. The number of nitrogens with one attached hydrogen (secondary N) is 2. The van der Waals surface area contributed by atoms with Crippen LogP contribution in [0.25, 0.3) is 0 Å². The second-order valence-electron chi connectivity index (χ2n) is 4.30. The molecule has 0 aliphatic carbocycles. The van der Waals surface area contributed by atoms with E-state index >= 15 is 0 Å². The summed E-state index contributed by atoms with van der Waals surface area (Å²) >= 11 is 0. The Bertz CT molecular complexity index is 646. The highest BCUT2D eigenvalue weighted by molar-refractivity contribution is 5.92. The third-order valence-electron chi connectivity index (χ3n) is 2.98. The molecule has 7 nitrogen and oxygen atoms in total. The van der Waals surface area contributed by atoms with Gasteiger partial charge in [-0.3, -0.25) is 9.59 Å². The molecule has 0 bridgehead atoms. The average Bonchev–Trinajstić information content (AvgIpc) is 2.92. The van der Waals surface area contributed by atoms with E-state index in [0.29, 0.717) is 18.8 Å². The summed E-state index contributed by atoms with van der Waals surface area (Å²) in [6, 6.07) is 4.23. The number of pyridine rings is 1. The number of hydrogen-bond acceptors (Lipinski definition) is 4. The van der Waals surface area contributed by atoms with Gasteiger partial charge in [0, 0.05) is 12.6 Å². The molecule has 0 radical (unpaired) electrons. The summed E-state index contributed by atoms with van der Waals surface area (Å²) in [6.45, 7) is 4.60. The van der Waals surface area contributed by atoms with E-state index in [0.717, 1.165) is 0 Å². The fraction of sp³-hybridized carbons (Fsp3) is 0.385. The number of rotatable bonds is 5. The van der Waals surface area contributed by atoms with E-state index < -0.39 is 0 Å². The molecular weight excluding hydrogens is 258 g/mol. The van der Waals surface area contributed by atoms with Crippen molar-refractivity contribution in [3.63, 3.8) is 0 Å². The maximum atomic E-state index is 12.1. The van der Waals surface area contributed by atoms with Gasteiger partial charge in [-0.2, -0.15) is 5.10 Å². The summed E-state index contributed by atoms with van der Waals surface area (Å²) in [5, 5.41) is 6.95. The van der Waals surface area contributed by atoms with Crippen LogP contribution in [0.15, 0.2) is 29.3 Å². The molecule has 0 saturated carbocycles. The summed E-state index contributed by atoms with van der Waals surface area (Å²) in [5.74, 6) is 0.377. The minimum Gasteiger partial charge on any atom is -0.341 e. The zero-order valence-corrected chi connectivity index (χ0v) is 11.5. The topological polar surface area (TPSA) is 92.7 Å². The maximum absolute atomic E-state index is 12.1. The Morgan fingerprint density at radius 1 is 1.45 bits per heavy atom. The summed E-state index contributed by atoms with van der Waals surface area (Å²) in [6.07, 6.45) is 2.15. The van der Waals surface area contributed by atoms with Gasteiger partial charge in [0.2, 0.25) is 5.56 Å². The molecule has 1 amide bonds. The van der Waals surface area contributed by atoms with Crippen LogP contribution in [0, 0.1) is 0 Å². The van der Waals surface area contributed by atoms with E-state index in [1.54, 1.807) is 16.8 Å². The number of amides is 1. The lowest BCUT2D eigenvalue weighted by Gasteiger charge is -2.16. The molecule has 2 N–H and O–H groups in total. The number of aromatic nitrogens is 4. The third kappa shape index (κ3) is 2.93. The van der Waals surface area contributed by atoms with E-state index in [-0.39, 0.29) is 23.2 Å². The lowest BCUT2D eigenvalue weighted by Crippen LogP contribution is -2.31. The first-order valence-electron chi connectivity index (χ1n) is 6.53. The number of carbonyl (C=O) groups is 1. The van der Waals surface area contributed by atoms with Crippen molar-refractivity contribution in [3.05, 3.63) is 46.4 Å². The minimum atomic E-state index is -0.333. The Kier molecular flexibility index (Phi) is 4.29. The molecule has 0 aliphatic heterocycles. The molecule has 0 saturated heterocycles. The highest BCUT2D eigenvalue weighted by Gasteiger charge is 2.19. The van der Waals surface area contributed by atoms with E-state index in [1.807, 2.05) is 13.8 Å². The molecule has 0 spiro atoms. The van der Waals surface area contributed by atoms with Crippen LogP contribution >= 0.6 is 0 Å². The van der Waals surface area contributed by atoms with E-state index in [4.69, 9.17) is 0 Å². The van der Waals surface area contributed by atoms with Gasteiger partial charge in [-0.15, -0.1) is 0 Å². The maximum Gasteiger partial charge on any atom is 0.268 e. The van der Waals surface area contributed by atoms with Crippen LogP contribution in [0.1, 0.15) is 42.6 Å². The van der Waals surface area contributed by atoms with Crippen molar-refractivity contribution in [2.45, 2.75) is 32.9 Å². The second-order valence-corrected chi connectivity index (χ2v) is 4.30. The van der Waals surface area contributed by atoms with Crippen LogP contribution < -0.4 is 10.9 Å². The highest BCUT2D eigenvalue weighted by Crippen LogP contribution is 2.14. The van der Waals surface area contributed by atoms with Crippen molar-refractivity contribution >= 4 is 5.91 Å². The Hall–Kier alpha value is -2.44. The molecule has 2 heterocycles. The number of aromatic amines is 1. The van der Waals surface area contributed by atoms with Gasteiger partial charge in [0.25, 0.3) is 5.91 Å². The Morgan fingerprint density at radius 2 is 2.25 bits per heavy atom. The van der Waals surface area contributed by atoms with Gasteiger partial charge in [-0.25, -0.2) is 9.67 Å². The number of carbonyl (C=O) groups excluding carboxylic acids is 1. The van der Waals surface area contributed by atoms with Crippen LogP contribution in [0.3, 0.4) is 0 Å². The number of hydrogen-bond donors (Lipinski definition) is 2. The fourth-order valence-electron chi connectivity index (χ4n) is 1.95. The zero-order chi connectivity index (χ0) is 14.5. The Balaban J connectivity index is 2.18. The van der Waals surface area contributed by atoms with Crippen molar-refractivity contribution < 1.29 is 4.79 Å². The van der Waals surface area contributed by atoms with E-state index in [2.05, 4.69) is 20.4 Å². The molecule has 20 heavy (non-hydrogen) atoms. The first-order chi connectivity index (χ1) is 9.65. The van der Waals surface area contributed by atoms with Crippen LogP contribution in [-0.2, 0) is 6.54 Å². The minimum absolute atomic E-state index is 0.235. The van der Waals surface area contributed by atoms with Crippen molar-refractivity contribution in [2.24, 2.45) is 0 Å². The molecule has 106 valence electrons. The Labute approximate surface area is 116 Å². The fourth-order valence-corrected chi connectivity index (χ4v) is 1.95. The third-order valence-corrected chi connectivity index (χ3v) is 2.98. The van der Waals surface area contributed by atoms with Crippen molar-refractivity contribution in [1.82, 2.24) is 25.1 Å². The quantitative estimate of drug-likeness (QED) is 0.846. The first-order valence-corrected chi connectivity index (χ1v) is 6.53. The van der Waals surface area contributed by atoms with Gasteiger partial charge in [0.1, 0.15) is 17.8 Å². The van der Waals surface area contributed by atoms with E-state index in [1.165, 1.54) is 12.4 Å². The summed E-state index contributed by atoms with van der Waals surface area (Å²) < 4.78 is 1.74. The number of aryl methyl sites for hydroxylation is 1. The summed E-state index contributed by atoms with van der Waals surface area (Å²) in [7, 11) is 0. The molecule has 1 unspecified atom stereocenters. The Morgan fingerprint density at radius 3 is 2.90 bits per heavy atom. The molecule has 0 fully saturated rings. The van der Waals surface area contributed by atoms with Gasteiger partial charge in [0.05, 0.1) is 6.04 Å². The predicted octanol–water partition coefficient (Wildman–Crippen LogP) is 0.867. The zero-order valence-electron chi connectivity index (χ0n) is 11.5. The van der Waals surface area contributed by atoms with Gasteiger partial charge in [-0.1, -0.05) is 13.0 Å². The SMILES string of the molecule is CCC(NC(=O)c1cccc(=O)[nH]1)c1ncnn1CC. The number of H-pyrrole nitrogens is 1. The molecule has 2 aromatic rings. The standard InChI is InChI=1S/C13H17N5O2/c1-3-9(12-14-8-15-18(12)4-2)17-13(20)10-6-5-7-11(19)16-10/h5-9H,3-4H2,1-2H3,(H,16,19)(H,17,20). The van der Waals surface area contributed by atoms with Crippen LogP contribution in [0.2, 0.25) is 0 Å². The molecule has 2 rings (SSSR count). The van der Waals surface area contributed by atoms with Gasteiger partial charge < -0.3 is 10.3 Å². The van der Waals surface area contributed by atoms with Crippen LogP contribution in [0.4, 0.5) is 0 Å². The lowest BCUT2D eigenvalue weighted by molar-refractivity contribution is 0.0927. The lowest BCUT2D eigenvalue weighted by atomic mass is 10.2. The van der Waals surface area contributed by atoms with E-state index in [9.17, 15) is 9.59 Å². The second kappa shape index (κ2) is 6.14. The largest absolute Gasteiger partial charge is 0.341 e. The van der Waals surface area contributed by atoms with Crippen molar-refractivity contribution in [2.75, 3.05) is 0 Å². The highest BCUT2D eigenvalue weighted by atomic mass is 16.2. The van der Waals surface area contributed by atoms with Crippen molar-refractivity contribution in [3.8, 4) is 0 Å². The smallest absolute Gasteiger partial charge is 0.268 e. The molecule has 7 heteroatoms. The van der Waals surface area contributed by atoms with Gasteiger partial charge >= 0.3 is 0 Å². The van der Waals surface area contributed by atoms with Crippen molar-refractivity contribution in [1.29, 1.82) is 0 Å². The molecule has 1 atom stereocenters. The molecule has 2 aromatic heterocycles. The summed E-state index contributed by atoms with van der Waals surface area (Å²) in [5.41, 5.74) is -0.0686.